The van der Waals surface area contributed by atoms with Crippen molar-refractivity contribution in [2.45, 2.75) is 19.3 Å². The average Bonchev–Trinajstić information content (AvgIpc) is 2.28. The van der Waals surface area contributed by atoms with Gasteiger partial charge in [-0.25, -0.2) is 0 Å². The van der Waals surface area contributed by atoms with Gasteiger partial charge in [0, 0.05) is 23.8 Å². The quantitative estimate of drug-likeness (QED) is 0.464. The standard InChI is InChI=1S/C11H14ClNO4/c12-9-4-5-10(13(15)16)11(8-9)17-7-3-1-2-6-14/h4-5,8,14H,1-3,6-7H2. The van der Waals surface area contributed by atoms with Gasteiger partial charge in [-0.2, -0.15) is 0 Å². The third kappa shape index (κ3) is 4.58. The molecule has 1 aromatic carbocycles. The zero-order chi connectivity index (χ0) is 12.7. The van der Waals surface area contributed by atoms with Gasteiger partial charge >= 0.3 is 5.69 Å². The molecule has 0 fully saturated rings. The number of unbranched alkanes of at least 4 members (excludes halogenated alkanes) is 2. The molecule has 0 atom stereocenters. The van der Waals surface area contributed by atoms with Crippen molar-refractivity contribution in [2.24, 2.45) is 0 Å². The van der Waals surface area contributed by atoms with Gasteiger partial charge in [-0.05, 0) is 25.3 Å². The molecule has 0 amide bonds. The van der Waals surface area contributed by atoms with Crippen LogP contribution in [0, 0.1) is 10.1 Å². The minimum atomic E-state index is -0.501. The molecule has 0 unspecified atom stereocenters. The van der Waals surface area contributed by atoms with Gasteiger partial charge in [-0.15, -0.1) is 0 Å². The number of rotatable bonds is 7. The maximum absolute atomic E-state index is 10.7. The molecule has 0 aliphatic heterocycles. The Morgan fingerprint density at radius 3 is 2.76 bits per heavy atom. The molecule has 1 rings (SSSR count). The molecule has 1 aromatic rings. The molecule has 0 radical (unpaired) electrons. The first-order chi connectivity index (χ1) is 8.15. The average molecular weight is 260 g/mol. The Hall–Kier alpha value is -1.33. The van der Waals surface area contributed by atoms with Gasteiger partial charge < -0.3 is 9.84 Å². The van der Waals surface area contributed by atoms with Crippen LogP contribution in [0.1, 0.15) is 19.3 Å². The number of nitro groups is 1. The summed E-state index contributed by atoms with van der Waals surface area (Å²) in [5.41, 5.74) is -0.0865. The summed E-state index contributed by atoms with van der Waals surface area (Å²) in [5.74, 6) is 0.187. The van der Waals surface area contributed by atoms with Crippen LogP contribution < -0.4 is 4.74 Å². The van der Waals surface area contributed by atoms with E-state index in [1.165, 1.54) is 18.2 Å². The molecular weight excluding hydrogens is 246 g/mol. The molecule has 0 saturated carbocycles. The Labute approximate surface area is 104 Å². The molecule has 5 nitrogen and oxygen atoms in total. The number of aliphatic hydroxyl groups excluding tert-OH is 1. The molecule has 0 spiro atoms. The van der Waals surface area contributed by atoms with Crippen molar-refractivity contribution in [2.75, 3.05) is 13.2 Å². The predicted octanol–water partition coefficient (Wildman–Crippen LogP) is 2.79. The van der Waals surface area contributed by atoms with E-state index in [1.807, 2.05) is 0 Å². The molecule has 6 heteroatoms. The lowest BCUT2D eigenvalue weighted by atomic mass is 10.2. The van der Waals surface area contributed by atoms with Gasteiger partial charge in [0.25, 0.3) is 0 Å². The maximum Gasteiger partial charge on any atom is 0.311 e. The van der Waals surface area contributed by atoms with E-state index in [1.54, 1.807) is 0 Å². The zero-order valence-corrected chi connectivity index (χ0v) is 10.0. The third-order valence-electron chi connectivity index (χ3n) is 2.18. The summed E-state index contributed by atoms with van der Waals surface area (Å²) in [7, 11) is 0. The fraction of sp³-hybridized carbons (Fsp3) is 0.455. The number of benzene rings is 1. The predicted molar refractivity (Wildman–Crippen MR) is 64.5 cm³/mol. The first-order valence-corrected chi connectivity index (χ1v) is 5.70. The van der Waals surface area contributed by atoms with E-state index >= 15 is 0 Å². The van der Waals surface area contributed by atoms with Crippen LogP contribution in [-0.2, 0) is 0 Å². The Morgan fingerprint density at radius 2 is 2.12 bits per heavy atom. The molecule has 0 saturated heterocycles. The number of halogens is 1. The lowest BCUT2D eigenvalue weighted by Gasteiger charge is -2.06. The van der Waals surface area contributed by atoms with Crippen molar-refractivity contribution in [3.05, 3.63) is 33.3 Å². The van der Waals surface area contributed by atoms with E-state index in [-0.39, 0.29) is 18.0 Å². The minimum absolute atomic E-state index is 0.0865. The number of nitrogens with zero attached hydrogens (tertiary/aromatic N) is 1. The number of nitro benzene ring substituents is 1. The largest absolute Gasteiger partial charge is 0.487 e. The van der Waals surface area contributed by atoms with E-state index in [4.69, 9.17) is 21.4 Å². The fourth-order valence-electron chi connectivity index (χ4n) is 1.33. The van der Waals surface area contributed by atoms with Crippen molar-refractivity contribution in [1.29, 1.82) is 0 Å². The van der Waals surface area contributed by atoms with Crippen LogP contribution in [0.25, 0.3) is 0 Å². The maximum atomic E-state index is 10.7. The minimum Gasteiger partial charge on any atom is -0.487 e. The first kappa shape index (κ1) is 13.7. The molecule has 0 heterocycles. The van der Waals surface area contributed by atoms with E-state index in [0.29, 0.717) is 18.1 Å². The SMILES string of the molecule is O=[N+]([O-])c1ccc(Cl)cc1OCCCCCO. The van der Waals surface area contributed by atoms with E-state index in [9.17, 15) is 10.1 Å². The van der Waals surface area contributed by atoms with Gasteiger partial charge in [-0.1, -0.05) is 11.6 Å². The molecular formula is C11H14ClNO4. The van der Waals surface area contributed by atoms with Crippen LogP contribution in [0.2, 0.25) is 5.02 Å². The third-order valence-corrected chi connectivity index (χ3v) is 2.41. The summed E-state index contributed by atoms with van der Waals surface area (Å²) in [6, 6.07) is 4.22. The highest BCUT2D eigenvalue weighted by molar-refractivity contribution is 6.30. The van der Waals surface area contributed by atoms with Crippen LogP contribution in [-0.4, -0.2) is 23.2 Å². The van der Waals surface area contributed by atoms with Crippen molar-refractivity contribution >= 4 is 17.3 Å². The lowest BCUT2D eigenvalue weighted by molar-refractivity contribution is -0.385. The highest BCUT2D eigenvalue weighted by atomic mass is 35.5. The van der Waals surface area contributed by atoms with Crippen LogP contribution in [0.5, 0.6) is 5.75 Å². The zero-order valence-electron chi connectivity index (χ0n) is 9.26. The van der Waals surface area contributed by atoms with Crippen molar-refractivity contribution in [3.8, 4) is 5.75 Å². The summed E-state index contributed by atoms with van der Waals surface area (Å²) >= 11 is 5.75. The van der Waals surface area contributed by atoms with Crippen LogP contribution in [0.4, 0.5) is 5.69 Å². The van der Waals surface area contributed by atoms with Crippen molar-refractivity contribution < 1.29 is 14.8 Å². The Kier molecular flexibility index (Phi) is 5.72. The molecule has 94 valence electrons. The second-order valence-electron chi connectivity index (χ2n) is 3.50. The van der Waals surface area contributed by atoms with Gasteiger partial charge in [0.15, 0.2) is 5.75 Å². The number of ether oxygens (including phenoxy) is 1. The first-order valence-electron chi connectivity index (χ1n) is 5.32. The smallest absolute Gasteiger partial charge is 0.311 e. The second kappa shape index (κ2) is 7.09. The van der Waals surface area contributed by atoms with Crippen LogP contribution in [0.3, 0.4) is 0 Å². The Balaban J connectivity index is 2.56. The summed E-state index contributed by atoms with van der Waals surface area (Å²) < 4.78 is 5.32. The highest BCUT2D eigenvalue weighted by Crippen LogP contribution is 2.29. The Morgan fingerprint density at radius 1 is 1.35 bits per heavy atom. The highest BCUT2D eigenvalue weighted by Gasteiger charge is 2.14. The topological polar surface area (TPSA) is 72.6 Å². The van der Waals surface area contributed by atoms with E-state index in [2.05, 4.69) is 0 Å². The number of hydrogen-bond acceptors (Lipinski definition) is 4. The Bertz CT molecular complexity index is 384. The van der Waals surface area contributed by atoms with Gasteiger partial charge in [0.1, 0.15) is 0 Å². The lowest BCUT2D eigenvalue weighted by Crippen LogP contribution is -2.01. The monoisotopic (exact) mass is 259 g/mol. The van der Waals surface area contributed by atoms with Crippen molar-refractivity contribution in [3.63, 3.8) is 0 Å². The van der Waals surface area contributed by atoms with Crippen LogP contribution in [0.15, 0.2) is 18.2 Å². The van der Waals surface area contributed by atoms with E-state index < -0.39 is 4.92 Å². The normalized spacial score (nSPS) is 10.2. The number of hydrogen-bond donors (Lipinski definition) is 1. The van der Waals surface area contributed by atoms with Gasteiger partial charge in [-0.3, -0.25) is 10.1 Å². The number of aliphatic hydroxyl groups is 1. The summed E-state index contributed by atoms with van der Waals surface area (Å²) in [5, 5.41) is 19.7. The van der Waals surface area contributed by atoms with Gasteiger partial charge in [0.05, 0.1) is 11.5 Å². The summed E-state index contributed by atoms with van der Waals surface area (Å²) in [4.78, 5) is 10.2. The molecule has 0 aliphatic rings. The molecule has 0 aliphatic carbocycles. The molecule has 0 aromatic heterocycles. The molecule has 17 heavy (non-hydrogen) atoms. The molecule has 1 N–H and O–H groups in total. The molecule has 0 bridgehead atoms. The van der Waals surface area contributed by atoms with Crippen molar-refractivity contribution in [1.82, 2.24) is 0 Å². The van der Waals surface area contributed by atoms with E-state index in [0.717, 1.165) is 12.8 Å². The van der Waals surface area contributed by atoms with Gasteiger partial charge in [0.2, 0.25) is 0 Å². The second-order valence-corrected chi connectivity index (χ2v) is 3.94. The van der Waals surface area contributed by atoms with Crippen LogP contribution >= 0.6 is 11.6 Å². The fourth-order valence-corrected chi connectivity index (χ4v) is 1.49. The summed E-state index contributed by atoms with van der Waals surface area (Å²) in [6.45, 7) is 0.526. The summed E-state index contributed by atoms with van der Waals surface area (Å²) in [6.07, 6.45) is 2.27.